The first-order valence-corrected chi connectivity index (χ1v) is 7.72. The van der Waals surface area contributed by atoms with Gasteiger partial charge in [0, 0.05) is 25.7 Å². The molecule has 0 aliphatic rings. The maximum atomic E-state index is 13.6. The van der Waals surface area contributed by atoms with Gasteiger partial charge in [0.2, 0.25) is 0 Å². The minimum Gasteiger partial charge on any atom is -0.434 e. The zero-order valence-electron chi connectivity index (χ0n) is 14.4. The molecule has 0 aromatic heterocycles. The molecule has 0 fully saturated rings. The summed E-state index contributed by atoms with van der Waals surface area (Å²) >= 11 is 0. The molecule has 8 heteroatoms. The first-order chi connectivity index (χ1) is 12.0. The van der Waals surface area contributed by atoms with E-state index in [1.54, 1.807) is 38.2 Å². The lowest BCUT2D eigenvalue weighted by molar-refractivity contribution is -0.0504. The molecule has 2 aromatic carbocycles. The van der Waals surface area contributed by atoms with Crippen LogP contribution in [0.5, 0.6) is 5.75 Å². The minimum absolute atomic E-state index is 0. The van der Waals surface area contributed by atoms with E-state index in [4.69, 9.17) is 0 Å². The number of rotatable bonds is 6. The highest BCUT2D eigenvalue weighted by Gasteiger charge is 2.09. The van der Waals surface area contributed by atoms with E-state index in [0.29, 0.717) is 23.6 Å². The van der Waals surface area contributed by atoms with Crippen LogP contribution in [-0.4, -0.2) is 19.6 Å². The number of ether oxygens (including phenoxy) is 1. The van der Waals surface area contributed by atoms with Gasteiger partial charge in [-0.3, -0.25) is 4.99 Å². The summed E-state index contributed by atoms with van der Waals surface area (Å²) in [7, 11) is 1.59. The van der Waals surface area contributed by atoms with Crippen LogP contribution in [-0.2, 0) is 13.1 Å². The molecule has 26 heavy (non-hydrogen) atoms. The zero-order chi connectivity index (χ0) is 18.2. The van der Waals surface area contributed by atoms with Gasteiger partial charge in [-0.1, -0.05) is 30.3 Å². The van der Waals surface area contributed by atoms with Crippen molar-refractivity contribution in [2.75, 3.05) is 7.05 Å². The monoisotopic (exact) mass is 479 g/mol. The van der Waals surface area contributed by atoms with Crippen molar-refractivity contribution in [2.45, 2.75) is 26.6 Å². The topological polar surface area (TPSA) is 45.7 Å². The second kappa shape index (κ2) is 10.9. The number of aryl methyl sites for hydroxylation is 1. The number of aliphatic imine (C=N–C) groups is 1. The van der Waals surface area contributed by atoms with E-state index in [0.717, 1.165) is 5.56 Å². The molecule has 142 valence electrons. The summed E-state index contributed by atoms with van der Waals surface area (Å²) in [4.78, 5) is 4.06. The number of hydrogen-bond donors (Lipinski definition) is 2. The van der Waals surface area contributed by atoms with Crippen LogP contribution in [0.2, 0.25) is 0 Å². The number of hydrogen-bond acceptors (Lipinski definition) is 2. The summed E-state index contributed by atoms with van der Waals surface area (Å²) in [6.45, 7) is -0.543. The van der Waals surface area contributed by atoms with Crippen LogP contribution in [0.15, 0.2) is 47.5 Å². The molecule has 0 saturated heterocycles. The van der Waals surface area contributed by atoms with Gasteiger partial charge in [0.15, 0.2) is 5.96 Å². The Morgan fingerprint density at radius 2 is 1.81 bits per heavy atom. The van der Waals surface area contributed by atoms with Crippen LogP contribution < -0.4 is 15.4 Å². The Balaban J connectivity index is 0.00000338. The first-order valence-electron chi connectivity index (χ1n) is 7.72. The molecular weight excluding hydrogens is 458 g/mol. The summed E-state index contributed by atoms with van der Waals surface area (Å²) in [5.74, 6) is 0.314. The third-order valence-electron chi connectivity index (χ3n) is 3.55. The van der Waals surface area contributed by atoms with Crippen molar-refractivity contribution in [3.8, 4) is 5.75 Å². The first kappa shape index (κ1) is 22.1. The Morgan fingerprint density at radius 3 is 2.46 bits per heavy atom. The molecule has 0 radical (unpaired) electrons. The Bertz CT molecular complexity index is 741. The van der Waals surface area contributed by atoms with Gasteiger partial charge in [0.1, 0.15) is 11.6 Å². The van der Waals surface area contributed by atoms with Crippen LogP contribution >= 0.6 is 24.0 Å². The zero-order valence-corrected chi connectivity index (χ0v) is 16.8. The molecule has 0 aliphatic carbocycles. The van der Waals surface area contributed by atoms with Crippen molar-refractivity contribution >= 4 is 29.9 Å². The SMILES string of the molecule is CN=C(NCc1ccc(C)c(F)c1)NCc1ccccc1OC(F)F.I. The number of guanidine groups is 1. The molecule has 2 aromatic rings. The summed E-state index contributed by atoms with van der Waals surface area (Å²) in [6.07, 6.45) is 0. The Hall–Kier alpha value is -1.97. The van der Waals surface area contributed by atoms with Crippen molar-refractivity contribution in [3.05, 3.63) is 65.0 Å². The predicted octanol–water partition coefficient (Wildman–Crippen LogP) is 4.22. The molecule has 0 bridgehead atoms. The summed E-state index contributed by atoms with van der Waals surface area (Å²) in [6, 6.07) is 11.5. The Labute approximate surface area is 167 Å². The second-order valence-electron chi connectivity index (χ2n) is 5.35. The van der Waals surface area contributed by atoms with Crippen molar-refractivity contribution in [1.82, 2.24) is 10.6 Å². The number of nitrogens with one attached hydrogen (secondary N) is 2. The van der Waals surface area contributed by atoms with E-state index in [1.807, 2.05) is 6.07 Å². The molecule has 0 aliphatic heterocycles. The maximum Gasteiger partial charge on any atom is 0.387 e. The van der Waals surface area contributed by atoms with E-state index in [2.05, 4.69) is 20.4 Å². The van der Waals surface area contributed by atoms with Crippen LogP contribution in [0.25, 0.3) is 0 Å². The molecule has 0 amide bonds. The fourth-order valence-electron chi connectivity index (χ4n) is 2.19. The number of alkyl halides is 2. The van der Waals surface area contributed by atoms with Crippen LogP contribution in [0.1, 0.15) is 16.7 Å². The van der Waals surface area contributed by atoms with E-state index in [1.165, 1.54) is 12.1 Å². The fraction of sp³-hybridized carbons (Fsp3) is 0.278. The van der Waals surface area contributed by atoms with Crippen LogP contribution in [0, 0.1) is 12.7 Å². The molecule has 0 saturated carbocycles. The van der Waals surface area contributed by atoms with E-state index in [-0.39, 0.29) is 42.1 Å². The maximum absolute atomic E-state index is 13.6. The number of halogens is 4. The highest BCUT2D eigenvalue weighted by molar-refractivity contribution is 14.0. The number of nitrogens with zero attached hydrogens (tertiary/aromatic N) is 1. The van der Waals surface area contributed by atoms with Gasteiger partial charge >= 0.3 is 6.61 Å². The average molecular weight is 479 g/mol. The van der Waals surface area contributed by atoms with Crippen molar-refractivity contribution in [2.24, 2.45) is 4.99 Å². The van der Waals surface area contributed by atoms with Gasteiger partial charge in [-0.25, -0.2) is 4.39 Å². The van der Waals surface area contributed by atoms with E-state index in [9.17, 15) is 13.2 Å². The molecule has 2 N–H and O–H groups in total. The van der Waals surface area contributed by atoms with Crippen LogP contribution in [0.3, 0.4) is 0 Å². The van der Waals surface area contributed by atoms with Crippen molar-refractivity contribution < 1.29 is 17.9 Å². The van der Waals surface area contributed by atoms with Gasteiger partial charge in [-0.15, -0.1) is 24.0 Å². The summed E-state index contributed by atoms with van der Waals surface area (Å²) in [5, 5.41) is 6.06. The molecular formula is C18H21F3IN3O. The quantitative estimate of drug-likeness (QED) is 0.371. The second-order valence-corrected chi connectivity index (χ2v) is 5.35. The largest absolute Gasteiger partial charge is 0.434 e. The van der Waals surface area contributed by atoms with Gasteiger partial charge in [0.05, 0.1) is 0 Å². The van der Waals surface area contributed by atoms with E-state index >= 15 is 0 Å². The lowest BCUT2D eigenvalue weighted by Crippen LogP contribution is -2.36. The lowest BCUT2D eigenvalue weighted by Gasteiger charge is -2.14. The lowest BCUT2D eigenvalue weighted by atomic mass is 10.1. The Kier molecular flexibility index (Phi) is 9.25. The normalized spacial score (nSPS) is 11.1. The van der Waals surface area contributed by atoms with E-state index < -0.39 is 6.61 Å². The van der Waals surface area contributed by atoms with Crippen LogP contribution in [0.4, 0.5) is 13.2 Å². The third-order valence-corrected chi connectivity index (χ3v) is 3.55. The average Bonchev–Trinajstić information content (AvgIpc) is 2.59. The smallest absolute Gasteiger partial charge is 0.387 e. The Morgan fingerprint density at radius 1 is 1.12 bits per heavy atom. The molecule has 0 atom stereocenters. The molecule has 2 rings (SSSR count). The highest BCUT2D eigenvalue weighted by Crippen LogP contribution is 2.19. The summed E-state index contributed by atoms with van der Waals surface area (Å²) < 4.78 is 42.9. The fourth-order valence-corrected chi connectivity index (χ4v) is 2.19. The highest BCUT2D eigenvalue weighted by atomic mass is 127. The van der Waals surface area contributed by atoms with Gasteiger partial charge in [0.25, 0.3) is 0 Å². The number of benzene rings is 2. The minimum atomic E-state index is -2.88. The van der Waals surface area contributed by atoms with Gasteiger partial charge in [-0.05, 0) is 30.2 Å². The van der Waals surface area contributed by atoms with Gasteiger partial charge < -0.3 is 15.4 Å². The molecule has 4 nitrogen and oxygen atoms in total. The predicted molar refractivity (Wildman–Crippen MR) is 107 cm³/mol. The third kappa shape index (κ3) is 6.74. The van der Waals surface area contributed by atoms with Crippen molar-refractivity contribution in [1.29, 1.82) is 0 Å². The van der Waals surface area contributed by atoms with Crippen molar-refractivity contribution in [3.63, 3.8) is 0 Å². The molecule has 0 heterocycles. The van der Waals surface area contributed by atoms with Gasteiger partial charge in [-0.2, -0.15) is 8.78 Å². The number of para-hydroxylation sites is 1. The summed E-state index contributed by atoms with van der Waals surface area (Å²) in [5.41, 5.74) is 1.93. The molecule has 0 unspecified atom stereocenters. The molecule has 0 spiro atoms. The standard InChI is InChI=1S/C18H20F3N3O.HI/c1-12-7-8-13(9-15(12)19)10-23-18(22-2)24-11-14-5-3-4-6-16(14)25-17(20)21;/h3-9,17H,10-11H2,1-2H3,(H2,22,23,24);1H.